The summed E-state index contributed by atoms with van der Waals surface area (Å²) in [5.74, 6) is 0.0708. The molecule has 6 nitrogen and oxygen atoms in total. The van der Waals surface area contributed by atoms with Gasteiger partial charge in [-0.3, -0.25) is 19.7 Å². The fraction of sp³-hybridized carbons (Fsp3) is 0.474. The van der Waals surface area contributed by atoms with E-state index in [2.05, 4.69) is 12.2 Å². The van der Waals surface area contributed by atoms with E-state index in [4.69, 9.17) is 0 Å². The highest BCUT2D eigenvalue weighted by atomic mass is 16.6. The van der Waals surface area contributed by atoms with Crippen molar-refractivity contribution >= 4 is 23.2 Å². The Hall–Kier alpha value is -2.50. The van der Waals surface area contributed by atoms with Gasteiger partial charge >= 0.3 is 0 Å². The second-order valence-electron chi connectivity index (χ2n) is 7.85. The van der Waals surface area contributed by atoms with Gasteiger partial charge in [0.2, 0.25) is 11.8 Å². The number of nitrogens with zero attached hydrogens (tertiary/aromatic N) is 2. The summed E-state index contributed by atoms with van der Waals surface area (Å²) in [5.41, 5.74) is 1.56. The number of aryl methyl sites for hydroxylation is 2. The smallest absolute Gasteiger partial charge is 0.274 e. The van der Waals surface area contributed by atoms with E-state index in [1.165, 1.54) is 6.07 Å². The number of hydrogen-bond donors (Lipinski definition) is 0. The van der Waals surface area contributed by atoms with Crippen LogP contribution in [0.4, 0.5) is 11.4 Å². The highest BCUT2D eigenvalue weighted by molar-refractivity contribution is 6.23. The third-order valence-electron chi connectivity index (χ3n) is 6.69. The van der Waals surface area contributed by atoms with Crippen LogP contribution < -0.4 is 4.90 Å². The van der Waals surface area contributed by atoms with Gasteiger partial charge in [0.1, 0.15) is 5.69 Å². The number of imide groups is 1. The second kappa shape index (κ2) is 4.56. The van der Waals surface area contributed by atoms with Crippen LogP contribution in [-0.4, -0.2) is 16.7 Å². The molecule has 4 aliphatic carbocycles. The van der Waals surface area contributed by atoms with Crippen molar-refractivity contribution in [2.24, 2.45) is 35.5 Å². The van der Waals surface area contributed by atoms with Gasteiger partial charge in [0.25, 0.3) is 5.69 Å². The zero-order chi connectivity index (χ0) is 17.6. The van der Waals surface area contributed by atoms with Crippen LogP contribution in [0.2, 0.25) is 0 Å². The van der Waals surface area contributed by atoms with Crippen molar-refractivity contribution in [1.82, 2.24) is 0 Å². The number of allylic oxidation sites excluding steroid dienone is 2. The maximum absolute atomic E-state index is 13.1. The molecule has 2 saturated carbocycles. The van der Waals surface area contributed by atoms with Crippen LogP contribution in [0, 0.1) is 59.5 Å². The molecule has 0 N–H and O–H groups in total. The molecular weight excluding hydrogens is 320 g/mol. The van der Waals surface area contributed by atoms with Gasteiger partial charge in [-0.2, -0.15) is 0 Å². The van der Waals surface area contributed by atoms with Crippen LogP contribution in [-0.2, 0) is 9.59 Å². The fourth-order valence-corrected chi connectivity index (χ4v) is 5.31. The summed E-state index contributed by atoms with van der Waals surface area (Å²) in [4.78, 5) is 38.4. The Kier molecular flexibility index (Phi) is 2.70. The summed E-state index contributed by atoms with van der Waals surface area (Å²) in [6.45, 7) is 3.62. The SMILES string of the molecule is Cc1cc(N2C(=O)[C@@H]3[C@@H]4C=C[C@H]([C@H]5C[C@@H]45)[C@@H]3C2=O)c([N+](=O)[O-])cc1C. The van der Waals surface area contributed by atoms with Crippen LogP contribution in [0.1, 0.15) is 17.5 Å². The molecule has 2 amide bonds. The number of benzene rings is 1. The minimum atomic E-state index is -0.505. The van der Waals surface area contributed by atoms with Gasteiger partial charge in [0, 0.05) is 6.07 Å². The van der Waals surface area contributed by atoms with Crippen LogP contribution >= 0.6 is 0 Å². The Labute approximate surface area is 144 Å². The monoisotopic (exact) mass is 338 g/mol. The Morgan fingerprint density at radius 1 is 1.00 bits per heavy atom. The molecule has 6 rings (SSSR count). The zero-order valence-corrected chi connectivity index (χ0v) is 14.0. The molecule has 6 heteroatoms. The van der Waals surface area contributed by atoms with Gasteiger partial charge in [-0.25, -0.2) is 4.90 Å². The van der Waals surface area contributed by atoms with Crippen LogP contribution in [0.3, 0.4) is 0 Å². The molecule has 128 valence electrons. The van der Waals surface area contributed by atoms with E-state index in [9.17, 15) is 19.7 Å². The number of anilines is 1. The molecule has 5 aliphatic rings. The average Bonchev–Trinajstić information content (AvgIpc) is 3.34. The number of hydrogen-bond acceptors (Lipinski definition) is 4. The zero-order valence-electron chi connectivity index (χ0n) is 14.0. The summed E-state index contributed by atoms with van der Waals surface area (Å²) in [7, 11) is 0. The molecular formula is C19H18N2O4. The Morgan fingerprint density at radius 2 is 1.52 bits per heavy atom. The number of nitro benzene ring substituents is 1. The molecule has 1 aliphatic heterocycles. The average molecular weight is 338 g/mol. The summed E-state index contributed by atoms with van der Waals surface area (Å²) >= 11 is 0. The van der Waals surface area contributed by atoms with Crippen LogP contribution in [0.15, 0.2) is 24.3 Å². The van der Waals surface area contributed by atoms with E-state index in [0.717, 1.165) is 22.4 Å². The van der Waals surface area contributed by atoms with Crippen molar-refractivity contribution in [3.8, 4) is 0 Å². The normalized spacial score (nSPS) is 37.3. The van der Waals surface area contributed by atoms with Gasteiger partial charge in [-0.05, 0) is 61.1 Å². The molecule has 0 spiro atoms. The standard InChI is InChI=1S/C19H18N2O4/c1-8-5-14(15(21(24)25)6-9(8)2)20-18(22)16-10-3-4-11(13-7-12(10)13)17(16)19(20)23/h3-6,10-13,16-17H,7H2,1-2H3/t10-,11-,12-,13+,16+,17-/m1/s1. The lowest BCUT2D eigenvalue weighted by Gasteiger charge is -2.37. The summed E-state index contributed by atoms with van der Waals surface area (Å²) in [6, 6.07) is 3.06. The lowest BCUT2D eigenvalue weighted by Crippen LogP contribution is -2.40. The minimum absolute atomic E-state index is 0.118. The van der Waals surface area contributed by atoms with E-state index in [0.29, 0.717) is 11.8 Å². The second-order valence-corrected chi connectivity index (χ2v) is 7.85. The molecule has 25 heavy (non-hydrogen) atoms. The van der Waals surface area contributed by atoms with E-state index in [-0.39, 0.29) is 46.9 Å². The van der Waals surface area contributed by atoms with Gasteiger partial charge in [-0.1, -0.05) is 12.2 Å². The van der Waals surface area contributed by atoms with Crippen molar-refractivity contribution in [2.45, 2.75) is 20.3 Å². The van der Waals surface area contributed by atoms with Crippen molar-refractivity contribution < 1.29 is 14.5 Å². The molecule has 1 aromatic rings. The molecule has 1 aromatic carbocycles. The lowest BCUT2D eigenvalue weighted by molar-refractivity contribution is -0.384. The Bertz CT molecular complexity index is 854. The largest absolute Gasteiger partial charge is 0.293 e. The van der Waals surface area contributed by atoms with E-state index in [1.807, 2.05) is 6.92 Å². The van der Waals surface area contributed by atoms with Gasteiger partial charge in [-0.15, -0.1) is 0 Å². The first-order valence-electron chi connectivity index (χ1n) is 8.72. The van der Waals surface area contributed by atoms with E-state index < -0.39 is 4.92 Å². The first kappa shape index (κ1) is 14.8. The van der Waals surface area contributed by atoms with Crippen molar-refractivity contribution in [3.05, 3.63) is 45.5 Å². The van der Waals surface area contributed by atoms with E-state index in [1.54, 1.807) is 13.0 Å². The highest BCUT2D eigenvalue weighted by Gasteiger charge is 2.67. The van der Waals surface area contributed by atoms with Gasteiger partial charge in [0.15, 0.2) is 0 Å². The number of carbonyl (C=O) groups excluding carboxylic acids is 2. The number of nitro groups is 1. The van der Waals surface area contributed by atoms with Crippen molar-refractivity contribution in [3.63, 3.8) is 0 Å². The molecule has 3 fully saturated rings. The summed E-state index contributed by atoms with van der Waals surface area (Å²) in [6.07, 6.45) is 5.30. The van der Waals surface area contributed by atoms with Crippen molar-refractivity contribution in [2.75, 3.05) is 4.90 Å². The molecule has 1 heterocycles. The number of carbonyl (C=O) groups is 2. The van der Waals surface area contributed by atoms with Crippen LogP contribution in [0.25, 0.3) is 0 Å². The fourth-order valence-electron chi connectivity index (χ4n) is 5.31. The Balaban J connectivity index is 1.63. The molecule has 0 radical (unpaired) electrons. The third-order valence-corrected chi connectivity index (χ3v) is 6.69. The molecule has 0 unspecified atom stereocenters. The number of rotatable bonds is 2. The number of amides is 2. The third kappa shape index (κ3) is 1.74. The maximum atomic E-state index is 13.1. The minimum Gasteiger partial charge on any atom is -0.274 e. The molecule has 2 bridgehead atoms. The first-order valence-corrected chi connectivity index (χ1v) is 8.72. The quantitative estimate of drug-likeness (QED) is 0.359. The van der Waals surface area contributed by atoms with Crippen LogP contribution in [0.5, 0.6) is 0 Å². The lowest BCUT2D eigenvalue weighted by atomic mass is 9.63. The van der Waals surface area contributed by atoms with Crippen molar-refractivity contribution in [1.29, 1.82) is 0 Å². The molecule has 1 saturated heterocycles. The highest BCUT2D eigenvalue weighted by Crippen LogP contribution is 2.65. The maximum Gasteiger partial charge on any atom is 0.293 e. The Morgan fingerprint density at radius 3 is 2.04 bits per heavy atom. The van der Waals surface area contributed by atoms with Gasteiger partial charge in [0.05, 0.1) is 16.8 Å². The van der Waals surface area contributed by atoms with E-state index >= 15 is 0 Å². The summed E-state index contributed by atoms with van der Waals surface area (Å²) < 4.78 is 0. The molecule has 0 aromatic heterocycles. The predicted octanol–water partition coefficient (Wildman–Crippen LogP) is 2.77. The first-order chi connectivity index (χ1) is 11.9. The molecule has 6 atom stereocenters. The summed E-state index contributed by atoms with van der Waals surface area (Å²) in [5, 5.41) is 11.5. The van der Waals surface area contributed by atoms with Gasteiger partial charge < -0.3 is 0 Å². The predicted molar refractivity (Wildman–Crippen MR) is 89.8 cm³/mol. The topological polar surface area (TPSA) is 80.5 Å².